The van der Waals surface area contributed by atoms with E-state index in [4.69, 9.17) is 0 Å². The van der Waals surface area contributed by atoms with Crippen LogP contribution < -0.4 is 5.43 Å². The summed E-state index contributed by atoms with van der Waals surface area (Å²) < 4.78 is 12.8. The zero-order valence-electron chi connectivity index (χ0n) is 11.5. The first-order chi connectivity index (χ1) is 10.2. The van der Waals surface area contributed by atoms with E-state index in [1.807, 2.05) is 18.2 Å². The maximum Gasteiger partial charge on any atom is 0.244 e. The number of fused-ring (bicyclic) bond motifs is 1. The van der Waals surface area contributed by atoms with Crippen molar-refractivity contribution in [3.05, 3.63) is 71.0 Å². The number of hydrogen-bond donors (Lipinski definition) is 1. The Hall–Kier alpha value is -2.49. The van der Waals surface area contributed by atoms with Gasteiger partial charge in [0.05, 0.1) is 12.1 Å². The summed E-state index contributed by atoms with van der Waals surface area (Å²) in [5, 5.41) is 4.22. The molecule has 0 saturated heterocycles. The van der Waals surface area contributed by atoms with Crippen molar-refractivity contribution in [3.8, 4) is 0 Å². The van der Waals surface area contributed by atoms with Gasteiger partial charge in [-0.25, -0.2) is 9.82 Å². The molecule has 0 atom stereocenters. The van der Waals surface area contributed by atoms with Gasteiger partial charge in [-0.2, -0.15) is 5.10 Å². The van der Waals surface area contributed by atoms with Crippen LogP contribution in [0.4, 0.5) is 4.39 Å². The number of nitrogens with zero attached hydrogens (tertiary/aromatic N) is 1. The van der Waals surface area contributed by atoms with E-state index in [-0.39, 0.29) is 18.1 Å². The lowest BCUT2D eigenvalue weighted by molar-refractivity contribution is -0.120. The Balaban J connectivity index is 1.64. The first-order valence-corrected chi connectivity index (χ1v) is 6.90. The molecule has 1 N–H and O–H groups in total. The maximum atomic E-state index is 12.8. The lowest BCUT2D eigenvalue weighted by Crippen LogP contribution is -2.21. The van der Waals surface area contributed by atoms with E-state index in [1.165, 1.54) is 17.7 Å². The standard InChI is InChI=1S/C17H15FN2O/c18-14-8-5-12(6-9-14)11-17(21)20-19-16-10-7-13-3-1-2-4-15(13)16/h1-6,8-9H,7,10-11H2,(H,20,21)/b19-16+. The van der Waals surface area contributed by atoms with Crippen LogP contribution in [0.5, 0.6) is 0 Å². The predicted molar refractivity (Wildman–Crippen MR) is 79.5 cm³/mol. The number of halogens is 1. The molecule has 3 nitrogen and oxygen atoms in total. The number of aryl methyl sites for hydroxylation is 1. The highest BCUT2D eigenvalue weighted by Gasteiger charge is 2.17. The predicted octanol–water partition coefficient (Wildman–Crippen LogP) is 2.83. The molecule has 0 bridgehead atoms. The Morgan fingerprint density at radius 2 is 1.86 bits per heavy atom. The third-order valence-electron chi connectivity index (χ3n) is 3.55. The number of hydrazone groups is 1. The van der Waals surface area contributed by atoms with Crippen LogP contribution in [-0.4, -0.2) is 11.6 Å². The van der Waals surface area contributed by atoms with Crippen LogP contribution in [0.2, 0.25) is 0 Å². The van der Waals surface area contributed by atoms with E-state index >= 15 is 0 Å². The van der Waals surface area contributed by atoms with E-state index in [1.54, 1.807) is 12.1 Å². The number of amides is 1. The quantitative estimate of drug-likeness (QED) is 0.864. The lowest BCUT2D eigenvalue weighted by Gasteiger charge is -2.03. The number of hydrogen-bond acceptors (Lipinski definition) is 2. The van der Waals surface area contributed by atoms with Crippen LogP contribution in [0, 0.1) is 5.82 Å². The minimum atomic E-state index is -0.304. The van der Waals surface area contributed by atoms with Gasteiger partial charge in [0.25, 0.3) is 0 Å². The zero-order chi connectivity index (χ0) is 14.7. The summed E-state index contributed by atoms with van der Waals surface area (Å²) >= 11 is 0. The normalized spacial score (nSPS) is 15.0. The van der Waals surface area contributed by atoms with Gasteiger partial charge in [0, 0.05) is 5.56 Å². The monoisotopic (exact) mass is 282 g/mol. The minimum Gasteiger partial charge on any atom is -0.273 e. The molecule has 2 aromatic rings. The lowest BCUT2D eigenvalue weighted by atomic mass is 10.1. The van der Waals surface area contributed by atoms with Crippen LogP contribution in [0.3, 0.4) is 0 Å². The molecule has 0 unspecified atom stereocenters. The number of rotatable bonds is 3. The van der Waals surface area contributed by atoms with Crippen molar-refractivity contribution in [2.45, 2.75) is 19.3 Å². The number of carbonyl (C=O) groups is 1. The van der Waals surface area contributed by atoms with E-state index in [0.717, 1.165) is 29.7 Å². The second kappa shape index (κ2) is 5.87. The van der Waals surface area contributed by atoms with Gasteiger partial charge in [0.1, 0.15) is 5.82 Å². The van der Waals surface area contributed by atoms with E-state index in [0.29, 0.717) is 0 Å². The van der Waals surface area contributed by atoms with Gasteiger partial charge >= 0.3 is 0 Å². The Morgan fingerprint density at radius 1 is 1.10 bits per heavy atom. The largest absolute Gasteiger partial charge is 0.273 e. The molecule has 3 rings (SSSR count). The maximum absolute atomic E-state index is 12.8. The summed E-state index contributed by atoms with van der Waals surface area (Å²) in [5.41, 5.74) is 6.64. The van der Waals surface area contributed by atoms with Gasteiger partial charge in [-0.3, -0.25) is 4.79 Å². The van der Waals surface area contributed by atoms with Crippen molar-refractivity contribution < 1.29 is 9.18 Å². The highest BCUT2D eigenvalue weighted by molar-refractivity contribution is 6.04. The Bertz CT molecular complexity index is 692. The number of carbonyl (C=O) groups excluding carboxylic acids is 1. The Kier molecular flexibility index (Phi) is 3.77. The summed E-state index contributed by atoms with van der Waals surface area (Å²) in [4.78, 5) is 11.9. The molecular formula is C17H15FN2O. The van der Waals surface area contributed by atoms with Crippen LogP contribution in [-0.2, 0) is 17.6 Å². The average Bonchev–Trinajstić information content (AvgIpc) is 2.91. The molecule has 2 aromatic carbocycles. The van der Waals surface area contributed by atoms with Gasteiger partial charge in [0.2, 0.25) is 5.91 Å². The highest BCUT2D eigenvalue weighted by atomic mass is 19.1. The smallest absolute Gasteiger partial charge is 0.244 e. The minimum absolute atomic E-state index is 0.193. The molecule has 1 aliphatic rings. The molecule has 1 aliphatic carbocycles. The second-order valence-electron chi connectivity index (χ2n) is 5.05. The molecule has 0 aliphatic heterocycles. The molecule has 1 amide bonds. The zero-order valence-corrected chi connectivity index (χ0v) is 11.5. The fourth-order valence-electron chi connectivity index (χ4n) is 2.48. The van der Waals surface area contributed by atoms with E-state index in [2.05, 4.69) is 16.6 Å². The molecule has 106 valence electrons. The molecule has 0 radical (unpaired) electrons. The summed E-state index contributed by atoms with van der Waals surface area (Å²) in [6.45, 7) is 0. The van der Waals surface area contributed by atoms with Crippen molar-refractivity contribution in [2.24, 2.45) is 5.10 Å². The fraction of sp³-hybridized carbons (Fsp3) is 0.176. The van der Waals surface area contributed by atoms with E-state index in [9.17, 15) is 9.18 Å². The Morgan fingerprint density at radius 3 is 2.67 bits per heavy atom. The van der Waals surface area contributed by atoms with Gasteiger partial charge in [-0.05, 0) is 36.1 Å². The van der Waals surface area contributed by atoms with Crippen molar-refractivity contribution in [1.82, 2.24) is 5.43 Å². The van der Waals surface area contributed by atoms with Crippen LogP contribution in [0.25, 0.3) is 0 Å². The second-order valence-corrected chi connectivity index (χ2v) is 5.05. The molecule has 0 fully saturated rings. The third-order valence-corrected chi connectivity index (χ3v) is 3.55. The Labute approximate surface area is 122 Å². The van der Waals surface area contributed by atoms with Crippen molar-refractivity contribution >= 4 is 11.6 Å². The van der Waals surface area contributed by atoms with Crippen molar-refractivity contribution in [3.63, 3.8) is 0 Å². The topological polar surface area (TPSA) is 41.5 Å². The third kappa shape index (κ3) is 3.16. The molecule has 0 aromatic heterocycles. The van der Waals surface area contributed by atoms with Crippen LogP contribution >= 0.6 is 0 Å². The molecule has 4 heteroatoms. The van der Waals surface area contributed by atoms with Crippen molar-refractivity contribution in [2.75, 3.05) is 0 Å². The van der Waals surface area contributed by atoms with Gasteiger partial charge in [-0.15, -0.1) is 0 Å². The number of nitrogens with one attached hydrogen (secondary N) is 1. The molecule has 21 heavy (non-hydrogen) atoms. The van der Waals surface area contributed by atoms with Gasteiger partial charge in [0.15, 0.2) is 0 Å². The molecule has 0 spiro atoms. The molecule has 0 saturated carbocycles. The summed E-state index contributed by atoms with van der Waals surface area (Å²) in [6, 6.07) is 14.0. The first kappa shape index (κ1) is 13.5. The fourth-order valence-corrected chi connectivity index (χ4v) is 2.48. The van der Waals surface area contributed by atoms with Gasteiger partial charge in [-0.1, -0.05) is 36.4 Å². The van der Waals surface area contributed by atoms with Crippen LogP contribution in [0.15, 0.2) is 53.6 Å². The summed E-state index contributed by atoms with van der Waals surface area (Å²) in [5.74, 6) is -0.500. The number of benzene rings is 2. The van der Waals surface area contributed by atoms with Gasteiger partial charge < -0.3 is 0 Å². The van der Waals surface area contributed by atoms with Crippen molar-refractivity contribution in [1.29, 1.82) is 0 Å². The molecule has 0 heterocycles. The van der Waals surface area contributed by atoms with E-state index < -0.39 is 0 Å². The summed E-state index contributed by atoms with van der Waals surface area (Å²) in [7, 11) is 0. The summed E-state index contributed by atoms with van der Waals surface area (Å²) in [6.07, 6.45) is 2.00. The molecular weight excluding hydrogens is 267 g/mol. The average molecular weight is 282 g/mol. The highest BCUT2D eigenvalue weighted by Crippen LogP contribution is 2.21. The SMILES string of the molecule is O=C(Cc1ccc(F)cc1)N/N=C1\CCc2ccccc21. The first-order valence-electron chi connectivity index (χ1n) is 6.90. The van der Waals surface area contributed by atoms with Crippen LogP contribution in [0.1, 0.15) is 23.1 Å².